The molecule has 1 N–H and O–H groups in total. The Morgan fingerprint density at radius 2 is 2.32 bits per heavy atom. The highest BCUT2D eigenvalue weighted by molar-refractivity contribution is 7.09. The molecule has 2 rings (SSSR count). The van der Waals surface area contributed by atoms with E-state index in [2.05, 4.69) is 46.2 Å². The third-order valence-corrected chi connectivity index (χ3v) is 3.91. The van der Waals surface area contributed by atoms with Crippen LogP contribution in [0.3, 0.4) is 0 Å². The number of nitrogens with zero attached hydrogens (tertiary/aromatic N) is 2. The number of rotatable bonds is 7. The minimum atomic E-state index is 0.281. The minimum absolute atomic E-state index is 0.281. The molecular weight excluding hydrogens is 258 g/mol. The summed E-state index contributed by atoms with van der Waals surface area (Å²) in [6.07, 6.45) is 4.83. The highest BCUT2D eigenvalue weighted by Crippen LogP contribution is 2.17. The number of anilines is 1. The van der Waals surface area contributed by atoms with E-state index in [0.717, 1.165) is 12.4 Å². The Morgan fingerprint density at radius 1 is 1.47 bits per heavy atom. The maximum Gasteiger partial charge on any atom is 0.203 e. The molecular formula is C14H21N3OS. The molecule has 0 aliphatic heterocycles. The highest BCUT2D eigenvalue weighted by atomic mass is 32.1. The molecule has 2 aromatic heterocycles. The fraction of sp³-hybridized carbons (Fsp3) is 0.500. The summed E-state index contributed by atoms with van der Waals surface area (Å²) in [6.45, 7) is 4.99. The number of thiophene rings is 1. The Labute approximate surface area is 118 Å². The molecule has 2 aromatic rings. The quantitative estimate of drug-likeness (QED) is 0.846. The van der Waals surface area contributed by atoms with Crippen molar-refractivity contribution in [3.8, 4) is 0 Å². The zero-order valence-electron chi connectivity index (χ0n) is 11.7. The average molecular weight is 279 g/mol. The minimum Gasteiger partial charge on any atom is -0.383 e. The largest absolute Gasteiger partial charge is 0.383 e. The molecule has 0 bridgehead atoms. The Balaban J connectivity index is 1.97. The fourth-order valence-corrected chi connectivity index (χ4v) is 2.94. The summed E-state index contributed by atoms with van der Waals surface area (Å²) in [5.74, 6) is 0.911. The predicted octanol–water partition coefficient (Wildman–Crippen LogP) is 3.20. The maximum atomic E-state index is 5.20. The van der Waals surface area contributed by atoms with E-state index in [0.29, 0.717) is 12.6 Å². The molecule has 0 aliphatic carbocycles. The predicted molar refractivity (Wildman–Crippen MR) is 79.9 cm³/mol. The molecule has 2 heterocycles. The van der Waals surface area contributed by atoms with E-state index < -0.39 is 0 Å². The number of imidazole rings is 1. The summed E-state index contributed by atoms with van der Waals surface area (Å²) in [6, 6.07) is 4.90. The molecule has 5 heteroatoms. The molecule has 2 unspecified atom stereocenters. The van der Waals surface area contributed by atoms with Gasteiger partial charge < -0.3 is 14.6 Å². The lowest BCUT2D eigenvalue weighted by molar-refractivity contribution is 0.163. The van der Waals surface area contributed by atoms with E-state index in [1.54, 1.807) is 18.4 Å². The van der Waals surface area contributed by atoms with E-state index in [4.69, 9.17) is 4.74 Å². The van der Waals surface area contributed by atoms with Gasteiger partial charge in [-0.05, 0) is 25.3 Å². The number of ether oxygens (including phenoxy) is 1. The van der Waals surface area contributed by atoms with Crippen molar-refractivity contribution in [3.05, 3.63) is 34.8 Å². The molecule has 0 saturated heterocycles. The smallest absolute Gasteiger partial charge is 0.203 e. The van der Waals surface area contributed by atoms with Crippen molar-refractivity contribution < 1.29 is 4.74 Å². The molecule has 4 nitrogen and oxygen atoms in total. The van der Waals surface area contributed by atoms with Crippen LogP contribution in [0.15, 0.2) is 29.9 Å². The van der Waals surface area contributed by atoms with Crippen molar-refractivity contribution >= 4 is 17.3 Å². The summed E-state index contributed by atoms with van der Waals surface area (Å²) in [5.41, 5.74) is 0. The SMILES string of the molecule is COCC(C)n1ccnc1NC(C)Cc1cccs1. The summed E-state index contributed by atoms with van der Waals surface area (Å²) in [4.78, 5) is 5.78. The lowest BCUT2D eigenvalue weighted by Crippen LogP contribution is -2.22. The van der Waals surface area contributed by atoms with Crippen molar-refractivity contribution in [2.75, 3.05) is 19.0 Å². The maximum absolute atomic E-state index is 5.20. The van der Waals surface area contributed by atoms with Crippen LogP contribution in [0.25, 0.3) is 0 Å². The van der Waals surface area contributed by atoms with E-state index >= 15 is 0 Å². The van der Waals surface area contributed by atoms with E-state index in [1.807, 2.05) is 12.4 Å². The van der Waals surface area contributed by atoms with Crippen LogP contribution < -0.4 is 5.32 Å². The third-order valence-electron chi connectivity index (χ3n) is 3.01. The van der Waals surface area contributed by atoms with Crippen LogP contribution in [0.2, 0.25) is 0 Å². The number of hydrogen-bond donors (Lipinski definition) is 1. The van der Waals surface area contributed by atoms with Crippen molar-refractivity contribution in [3.63, 3.8) is 0 Å². The molecule has 0 amide bonds. The molecule has 2 atom stereocenters. The first-order valence-corrected chi connectivity index (χ1v) is 7.39. The molecule has 0 aromatic carbocycles. The van der Waals surface area contributed by atoms with Gasteiger partial charge in [0.25, 0.3) is 0 Å². The Hall–Kier alpha value is -1.33. The summed E-state index contributed by atoms with van der Waals surface area (Å²) in [5, 5.41) is 5.59. The van der Waals surface area contributed by atoms with E-state index in [1.165, 1.54) is 4.88 Å². The lowest BCUT2D eigenvalue weighted by atomic mass is 10.2. The second-order valence-corrected chi connectivity index (χ2v) is 5.82. The summed E-state index contributed by atoms with van der Waals surface area (Å²) in [7, 11) is 1.72. The van der Waals surface area contributed by atoms with Crippen molar-refractivity contribution in [1.29, 1.82) is 0 Å². The first-order valence-electron chi connectivity index (χ1n) is 6.51. The molecule has 104 valence electrons. The van der Waals surface area contributed by atoms with Crippen LogP contribution in [-0.4, -0.2) is 29.3 Å². The van der Waals surface area contributed by atoms with Gasteiger partial charge in [0.1, 0.15) is 0 Å². The van der Waals surface area contributed by atoms with Gasteiger partial charge in [0.2, 0.25) is 5.95 Å². The number of nitrogens with one attached hydrogen (secondary N) is 1. The number of methoxy groups -OCH3 is 1. The van der Waals surface area contributed by atoms with Crippen LogP contribution in [0.1, 0.15) is 24.8 Å². The Kier molecular flexibility index (Phi) is 4.99. The normalized spacial score (nSPS) is 14.3. The van der Waals surface area contributed by atoms with Gasteiger partial charge in [0.15, 0.2) is 0 Å². The van der Waals surface area contributed by atoms with Crippen LogP contribution in [0, 0.1) is 0 Å². The van der Waals surface area contributed by atoms with Crippen LogP contribution in [-0.2, 0) is 11.2 Å². The first-order chi connectivity index (χ1) is 9.20. The molecule has 0 spiro atoms. The van der Waals surface area contributed by atoms with Gasteiger partial charge in [-0.15, -0.1) is 11.3 Å². The molecule has 0 fully saturated rings. The highest BCUT2D eigenvalue weighted by Gasteiger charge is 2.12. The van der Waals surface area contributed by atoms with Gasteiger partial charge in [0, 0.05) is 36.8 Å². The second-order valence-electron chi connectivity index (χ2n) is 4.79. The van der Waals surface area contributed by atoms with Crippen molar-refractivity contribution in [2.45, 2.75) is 32.4 Å². The molecule has 0 saturated carbocycles. The number of hydrogen-bond acceptors (Lipinski definition) is 4. The van der Waals surface area contributed by atoms with Gasteiger partial charge in [-0.2, -0.15) is 0 Å². The van der Waals surface area contributed by atoms with E-state index in [9.17, 15) is 0 Å². The fourth-order valence-electron chi connectivity index (χ4n) is 2.10. The monoisotopic (exact) mass is 279 g/mol. The van der Waals surface area contributed by atoms with Crippen molar-refractivity contribution in [2.24, 2.45) is 0 Å². The van der Waals surface area contributed by atoms with Gasteiger partial charge in [-0.25, -0.2) is 4.98 Å². The lowest BCUT2D eigenvalue weighted by Gasteiger charge is -2.19. The third kappa shape index (κ3) is 3.81. The van der Waals surface area contributed by atoms with Gasteiger partial charge in [-0.3, -0.25) is 0 Å². The molecule has 0 aliphatic rings. The summed E-state index contributed by atoms with van der Waals surface area (Å²) >= 11 is 1.80. The van der Waals surface area contributed by atoms with Crippen LogP contribution >= 0.6 is 11.3 Å². The van der Waals surface area contributed by atoms with Gasteiger partial charge >= 0.3 is 0 Å². The van der Waals surface area contributed by atoms with Crippen LogP contribution in [0.4, 0.5) is 5.95 Å². The zero-order chi connectivity index (χ0) is 13.7. The first kappa shape index (κ1) is 14.1. The second kappa shape index (κ2) is 6.73. The van der Waals surface area contributed by atoms with Gasteiger partial charge in [-0.1, -0.05) is 6.07 Å². The van der Waals surface area contributed by atoms with E-state index in [-0.39, 0.29) is 6.04 Å². The Bertz CT molecular complexity index is 481. The zero-order valence-corrected chi connectivity index (χ0v) is 12.5. The summed E-state index contributed by atoms with van der Waals surface area (Å²) < 4.78 is 7.32. The standard InChI is InChI=1S/C14H21N3OS/c1-11(9-13-5-4-8-19-13)16-14-15-6-7-17(14)12(2)10-18-3/h4-8,11-12H,9-10H2,1-3H3,(H,15,16). The van der Waals surface area contributed by atoms with Crippen LogP contribution in [0.5, 0.6) is 0 Å². The molecule has 0 radical (unpaired) electrons. The van der Waals surface area contributed by atoms with Crippen molar-refractivity contribution in [1.82, 2.24) is 9.55 Å². The Morgan fingerprint density at radius 3 is 3.00 bits per heavy atom. The van der Waals surface area contributed by atoms with Gasteiger partial charge in [0.05, 0.1) is 12.6 Å². The molecule has 19 heavy (non-hydrogen) atoms. The number of aromatic nitrogens is 2. The average Bonchev–Trinajstić information content (AvgIpc) is 3.00. The topological polar surface area (TPSA) is 39.1 Å².